The van der Waals surface area contributed by atoms with Crippen molar-refractivity contribution in [1.82, 2.24) is 9.78 Å². The molecule has 1 aliphatic rings. The molecule has 0 aliphatic carbocycles. The van der Waals surface area contributed by atoms with Gasteiger partial charge in [0.2, 0.25) is 0 Å². The van der Waals surface area contributed by atoms with Crippen molar-refractivity contribution in [3.63, 3.8) is 0 Å². The first-order valence-electron chi connectivity index (χ1n) is 13.4. The monoisotopic (exact) mass is 539 g/mol. The van der Waals surface area contributed by atoms with Gasteiger partial charge in [-0.25, -0.2) is 9.48 Å². The van der Waals surface area contributed by atoms with Gasteiger partial charge in [0.05, 0.1) is 28.2 Å². The van der Waals surface area contributed by atoms with Gasteiger partial charge < -0.3 is 14.6 Å². The van der Waals surface area contributed by atoms with Gasteiger partial charge in [0.1, 0.15) is 22.6 Å². The zero-order valence-corrected chi connectivity index (χ0v) is 21.9. The van der Waals surface area contributed by atoms with E-state index < -0.39 is 5.63 Å². The predicted octanol–water partition coefficient (Wildman–Crippen LogP) is 6.91. The van der Waals surface area contributed by atoms with Crippen LogP contribution in [0.25, 0.3) is 27.9 Å². The predicted molar refractivity (Wildman–Crippen MR) is 159 cm³/mol. The number of benzene rings is 4. The van der Waals surface area contributed by atoms with Gasteiger partial charge in [-0.15, -0.1) is 0 Å². The number of phenols is 1. The fraction of sp³-hybridized carbons (Fsp3) is 0.0882. The summed E-state index contributed by atoms with van der Waals surface area (Å²) in [5, 5.41) is 27.5. The summed E-state index contributed by atoms with van der Waals surface area (Å²) in [5.41, 5.74) is 4.94. The van der Waals surface area contributed by atoms with E-state index in [9.17, 15) is 15.0 Å². The fourth-order valence-electron chi connectivity index (χ4n) is 5.60. The summed E-state index contributed by atoms with van der Waals surface area (Å²) >= 11 is 0. The lowest BCUT2D eigenvalue weighted by Crippen LogP contribution is -2.18. The number of hydrogen-bond donors (Lipinski definition) is 2. The van der Waals surface area contributed by atoms with Gasteiger partial charge in [-0.3, -0.25) is 4.99 Å². The third kappa shape index (κ3) is 4.37. The minimum Gasteiger partial charge on any atom is -0.507 e. The van der Waals surface area contributed by atoms with Crippen molar-refractivity contribution in [1.29, 1.82) is 0 Å². The molecular weight excluding hydrogens is 514 g/mol. The maximum atomic E-state index is 13.3. The van der Waals surface area contributed by atoms with Crippen molar-refractivity contribution in [3.05, 3.63) is 136 Å². The Morgan fingerprint density at radius 1 is 0.805 bits per heavy atom. The van der Waals surface area contributed by atoms with Crippen molar-refractivity contribution >= 4 is 22.4 Å². The molecule has 4 aromatic carbocycles. The van der Waals surface area contributed by atoms with E-state index in [4.69, 9.17) is 14.5 Å². The molecule has 0 saturated heterocycles. The van der Waals surface area contributed by atoms with E-state index in [1.807, 2.05) is 77.6 Å². The van der Waals surface area contributed by atoms with Crippen LogP contribution in [-0.2, 0) is 6.42 Å². The summed E-state index contributed by atoms with van der Waals surface area (Å²) in [6.45, 7) is 0. The second-order valence-electron chi connectivity index (χ2n) is 10.1. The number of nitrogens with zero attached hydrogens (tertiary/aromatic N) is 3. The summed E-state index contributed by atoms with van der Waals surface area (Å²) < 4.78 is 7.43. The molecule has 0 fully saturated rings. The van der Waals surface area contributed by atoms with Crippen molar-refractivity contribution in [2.24, 2.45) is 4.99 Å². The molecule has 3 heterocycles. The molecule has 2 aromatic heterocycles. The number of rotatable bonds is 4. The molecule has 41 heavy (non-hydrogen) atoms. The zero-order chi connectivity index (χ0) is 27.9. The molecule has 200 valence electrons. The highest BCUT2D eigenvalue weighted by Crippen LogP contribution is 2.41. The number of aromatic nitrogens is 2. The normalized spacial score (nSPS) is 14.8. The topological polar surface area (TPSA) is 101 Å². The lowest BCUT2D eigenvalue weighted by Gasteiger charge is -2.17. The van der Waals surface area contributed by atoms with E-state index >= 15 is 0 Å². The Balaban J connectivity index is 1.44. The Kier molecular flexibility index (Phi) is 5.97. The average Bonchev–Trinajstić information content (AvgIpc) is 3.34. The smallest absolute Gasteiger partial charge is 0.349 e. The van der Waals surface area contributed by atoms with Crippen LogP contribution in [0.1, 0.15) is 29.0 Å². The minimum absolute atomic E-state index is 0.0602. The summed E-state index contributed by atoms with van der Waals surface area (Å²) in [7, 11) is 0. The van der Waals surface area contributed by atoms with Gasteiger partial charge in [-0.05, 0) is 66.8 Å². The third-order valence-corrected chi connectivity index (χ3v) is 7.59. The SMILES string of the molecule is O=c1oc2ccccc2c(O)c1C1=Nc2ccccc2CC(c2cn(-c3ccccc3)nc2-c2ccccc2O)C1. The Morgan fingerprint density at radius 3 is 2.39 bits per heavy atom. The van der Waals surface area contributed by atoms with Crippen LogP contribution in [0.15, 0.2) is 124 Å². The maximum absolute atomic E-state index is 13.3. The molecule has 0 bridgehead atoms. The third-order valence-electron chi connectivity index (χ3n) is 7.59. The maximum Gasteiger partial charge on any atom is 0.349 e. The standard InChI is InChI=1S/C34H25N3O4/c38-29-16-8-5-13-24(29)32-26(20-37(36-32)23-11-2-1-3-12-23)22-18-21-10-4-7-15-27(21)35-28(19-22)31-33(39)25-14-6-9-17-30(25)41-34(31)40/h1-17,20,22,38-39H,18-19H2. The quantitative estimate of drug-likeness (QED) is 0.237. The lowest BCUT2D eigenvalue weighted by molar-refractivity contribution is 0.465. The number of hydrogen-bond acceptors (Lipinski definition) is 6. The van der Waals surface area contributed by atoms with Crippen molar-refractivity contribution in [2.45, 2.75) is 18.8 Å². The summed E-state index contributed by atoms with van der Waals surface area (Å²) in [4.78, 5) is 18.2. The summed E-state index contributed by atoms with van der Waals surface area (Å²) in [5.74, 6) is -0.202. The van der Waals surface area contributed by atoms with Crippen LogP contribution in [0.2, 0.25) is 0 Å². The van der Waals surface area contributed by atoms with Crippen LogP contribution in [0.4, 0.5) is 5.69 Å². The highest BCUT2D eigenvalue weighted by molar-refractivity contribution is 6.07. The molecule has 7 rings (SSSR count). The lowest BCUT2D eigenvalue weighted by atomic mass is 9.86. The van der Waals surface area contributed by atoms with Crippen molar-refractivity contribution in [3.8, 4) is 28.4 Å². The first-order chi connectivity index (χ1) is 20.1. The van der Waals surface area contributed by atoms with E-state index in [-0.39, 0.29) is 23.0 Å². The van der Waals surface area contributed by atoms with E-state index in [1.165, 1.54) is 0 Å². The summed E-state index contributed by atoms with van der Waals surface area (Å²) in [6, 6.07) is 31.7. The highest BCUT2D eigenvalue weighted by Gasteiger charge is 2.30. The van der Waals surface area contributed by atoms with Crippen LogP contribution < -0.4 is 5.63 Å². The molecule has 0 amide bonds. The minimum atomic E-state index is -0.640. The number of phenolic OH excluding ortho intramolecular Hbond substituents is 1. The Labute approximate surface area is 235 Å². The number of aliphatic imine (C=N–C) groups is 1. The molecular formula is C34H25N3O4. The molecule has 1 aliphatic heterocycles. The molecule has 0 spiro atoms. The van der Waals surface area contributed by atoms with E-state index in [0.717, 1.165) is 22.5 Å². The van der Waals surface area contributed by atoms with Crippen LogP contribution in [0, 0.1) is 0 Å². The van der Waals surface area contributed by atoms with Crippen LogP contribution >= 0.6 is 0 Å². The number of fused-ring (bicyclic) bond motifs is 2. The Bertz CT molecular complexity index is 2010. The first kappa shape index (κ1) is 24.6. The Hall–Kier alpha value is -5.43. The molecule has 1 atom stereocenters. The van der Waals surface area contributed by atoms with E-state index in [1.54, 1.807) is 36.4 Å². The second-order valence-corrected chi connectivity index (χ2v) is 10.1. The fourth-order valence-corrected chi connectivity index (χ4v) is 5.60. The van der Waals surface area contributed by atoms with E-state index in [2.05, 4.69) is 0 Å². The van der Waals surface area contributed by atoms with Gasteiger partial charge in [0.25, 0.3) is 0 Å². The highest BCUT2D eigenvalue weighted by atomic mass is 16.4. The number of para-hydroxylation sites is 4. The largest absolute Gasteiger partial charge is 0.507 e. The van der Waals surface area contributed by atoms with Crippen LogP contribution in [0.5, 0.6) is 11.5 Å². The second kappa shape index (κ2) is 9.95. The average molecular weight is 540 g/mol. The van der Waals surface area contributed by atoms with Gasteiger partial charge in [0, 0.05) is 17.3 Å². The van der Waals surface area contributed by atoms with Gasteiger partial charge in [0.15, 0.2) is 0 Å². The van der Waals surface area contributed by atoms with Crippen molar-refractivity contribution < 1.29 is 14.6 Å². The molecule has 1 unspecified atom stereocenters. The molecule has 0 saturated carbocycles. The summed E-state index contributed by atoms with van der Waals surface area (Å²) in [6.07, 6.45) is 2.94. The Morgan fingerprint density at radius 2 is 1.54 bits per heavy atom. The molecule has 7 nitrogen and oxygen atoms in total. The van der Waals surface area contributed by atoms with Gasteiger partial charge in [-0.1, -0.05) is 60.7 Å². The van der Waals surface area contributed by atoms with Crippen LogP contribution in [0.3, 0.4) is 0 Å². The molecule has 7 heteroatoms. The number of aromatic hydroxyl groups is 2. The van der Waals surface area contributed by atoms with Crippen molar-refractivity contribution in [2.75, 3.05) is 0 Å². The molecule has 0 radical (unpaired) electrons. The van der Waals surface area contributed by atoms with Gasteiger partial charge >= 0.3 is 5.63 Å². The first-order valence-corrected chi connectivity index (χ1v) is 13.4. The zero-order valence-electron chi connectivity index (χ0n) is 21.9. The molecule has 6 aromatic rings. The molecule has 2 N–H and O–H groups in total. The van der Waals surface area contributed by atoms with Crippen LogP contribution in [-0.4, -0.2) is 25.7 Å². The van der Waals surface area contributed by atoms with E-state index in [0.29, 0.717) is 40.8 Å². The van der Waals surface area contributed by atoms with Gasteiger partial charge in [-0.2, -0.15) is 5.10 Å².